The summed E-state index contributed by atoms with van der Waals surface area (Å²) in [7, 11) is 0. The molecule has 1 aromatic carbocycles. The van der Waals surface area contributed by atoms with Crippen LogP contribution in [0.1, 0.15) is 18.4 Å². The molecule has 0 atom stereocenters. The fraction of sp³-hybridized carbons (Fsp3) is 0.455. The Bertz CT molecular complexity index is 332. The number of hydrogen-bond acceptors (Lipinski definition) is 2. The number of hydrogen-bond donors (Lipinski definition) is 2. The lowest BCUT2D eigenvalue weighted by molar-refractivity contribution is 0.373. The molecule has 2 rings (SSSR count). The summed E-state index contributed by atoms with van der Waals surface area (Å²) < 4.78 is 13.2. The van der Waals surface area contributed by atoms with Crippen LogP contribution in [0.15, 0.2) is 18.2 Å². The van der Waals surface area contributed by atoms with Gasteiger partial charge in [-0.2, -0.15) is 0 Å². The molecule has 1 fully saturated rings. The predicted octanol–water partition coefficient (Wildman–Crippen LogP) is 2.04. The summed E-state index contributed by atoms with van der Waals surface area (Å²) in [6, 6.07) is 5.98. The predicted molar refractivity (Wildman–Crippen MR) is 55.8 cm³/mol. The van der Waals surface area contributed by atoms with Crippen LogP contribution in [0.3, 0.4) is 0 Å². The Labute approximate surface area is 83.3 Å². The van der Waals surface area contributed by atoms with Gasteiger partial charge in [-0.3, -0.25) is 0 Å². The summed E-state index contributed by atoms with van der Waals surface area (Å²) in [4.78, 5) is 0. The second-order valence-corrected chi connectivity index (χ2v) is 4.04. The number of aryl methyl sites for hydroxylation is 1. The maximum atomic E-state index is 13.2. The van der Waals surface area contributed by atoms with Gasteiger partial charge in [-0.15, -0.1) is 0 Å². The Hall–Kier alpha value is -1.09. The first kappa shape index (κ1) is 9.46. The van der Waals surface area contributed by atoms with Crippen molar-refractivity contribution < 1.29 is 4.39 Å². The third-order valence-corrected chi connectivity index (χ3v) is 2.72. The van der Waals surface area contributed by atoms with Crippen molar-refractivity contribution in [1.29, 1.82) is 0 Å². The molecule has 3 N–H and O–H groups in total. The van der Waals surface area contributed by atoms with Gasteiger partial charge in [-0.05, 0) is 37.5 Å². The lowest BCUT2D eigenvalue weighted by Gasteiger charge is -2.33. The molecule has 0 bridgehead atoms. The number of halogens is 1. The quantitative estimate of drug-likeness (QED) is 0.756. The number of benzene rings is 1. The third-order valence-electron chi connectivity index (χ3n) is 2.72. The highest BCUT2D eigenvalue weighted by atomic mass is 19.1. The SMILES string of the molecule is Cc1ccc(NC2CC(N)C2)cc1F. The second-order valence-electron chi connectivity index (χ2n) is 4.04. The van der Waals surface area contributed by atoms with Crippen LogP contribution < -0.4 is 11.1 Å². The number of anilines is 1. The van der Waals surface area contributed by atoms with Gasteiger partial charge in [0.2, 0.25) is 0 Å². The minimum Gasteiger partial charge on any atom is -0.382 e. The van der Waals surface area contributed by atoms with Gasteiger partial charge in [0.1, 0.15) is 5.82 Å². The monoisotopic (exact) mass is 194 g/mol. The van der Waals surface area contributed by atoms with Gasteiger partial charge < -0.3 is 11.1 Å². The highest BCUT2D eigenvalue weighted by Crippen LogP contribution is 2.23. The molecule has 0 aliphatic heterocycles. The zero-order valence-corrected chi connectivity index (χ0v) is 8.26. The largest absolute Gasteiger partial charge is 0.382 e. The highest BCUT2D eigenvalue weighted by molar-refractivity contribution is 5.46. The van der Waals surface area contributed by atoms with E-state index in [0.29, 0.717) is 17.6 Å². The molecule has 14 heavy (non-hydrogen) atoms. The molecule has 0 heterocycles. The molecule has 0 spiro atoms. The fourth-order valence-electron chi connectivity index (χ4n) is 1.70. The van der Waals surface area contributed by atoms with Crippen molar-refractivity contribution >= 4 is 5.69 Å². The molecule has 0 aromatic heterocycles. The van der Waals surface area contributed by atoms with E-state index in [1.165, 1.54) is 0 Å². The van der Waals surface area contributed by atoms with Gasteiger partial charge in [-0.25, -0.2) is 4.39 Å². The summed E-state index contributed by atoms with van der Waals surface area (Å²) in [5.74, 6) is -0.154. The third kappa shape index (κ3) is 1.87. The summed E-state index contributed by atoms with van der Waals surface area (Å²) >= 11 is 0. The minimum absolute atomic E-state index is 0.154. The van der Waals surface area contributed by atoms with E-state index in [1.54, 1.807) is 19.1 Å². The van der Waals surface area contributed by atoms with Gasteiger partial charge in [0.05, 0.1) is 0 Å². The molecule has 2 nitrogen and oxygen atoms in total. The molecular formula is C11H15FN2. The molecule has 0 saturated heterocycles. The van der Waals surface area contributed by atoms with Gasteiger partial charge in [0, 0.05) is 17.8 Å². The Morgan fingerprint density at radius 1 is 1.43 bits per heavy atom. The fourth-order valence-corrected chi connectivity index (χ4v) is 1.70. The normalized spacial score (nSPS) is 25.6. The Morgan fingerprint density at radius 3 is 2.71 bits per heavy atom. The van der Waals surface area contributed by atoms with Crippen LogP contribution in [0, 0.1) is 12.7 Å². The second kappa shape index (κ2) is 3.58. The van der Waals surface area contributed by atoms with Crippen molar-refractivity contribution in [3.05, 3.63) is 29.6 Å². The summed E-state index contributed by atoms with van der Waals surface area (Å²) in [6.45, 7) is 1.76. The van der Waals surface area contributed by atoms with Crippen molar-refractivity contribution in [3.63, 3.8) is 0 Å². The lowest BCUT2D eigenvalue weighted by Crippen LogP contribution is -2.44. The van der Waals surface area contributed by atoms with Crippen molar-refractivity contribution in [2.75, 3.05) is 5.32 Å². The molecule has 1 aliphatic rings. The van der Waals surface area contributed by atoms with E-state index in [0.717, 1.165) is 18.5 Å². The Morgan fingerprint density at radius 2 is 2.14 bits per heavy atom. The van der Waals surface area contributed by atoms with E-state index in [9.17, 15) is 4.39 Å². The van der Waals surface area contributed by atoms with Crippen molar-refractivity contribution in [2.45, 2.75) is 31.8 Å². The molecule has 0 radical (unpaired) electrons. The zero-order chi connectivity index (χ0) is 10.1. The van der Waals surface area contributed by atoms with Crippen LogP contribution in [0.5, 0.6) is 0 Å². The average Bonchev–Trinajstić information content (AvgIpc) is 2.09. The Balaban J connectivity index is 2.00. The molecule has 76 valence electrons. The summed E-state index contributed by atoms with van der Waals surface area (Å²) in [5, 5.41) is 3.26. The van der Waals surface area contributed by atoms with Crippen molar-refractivity contribution in [2.24, 2.45) is 5.73 Å². The van der Waals surface area contributed by atoms with Crippen LogP contribution in [0.4, 0.5) is 10.1 Å². The van der Waals surface area contributed by atoms with Gasteiger partial charge in [0.25, 0.3) is 0 Å². The maximum absolute atomic E-state index is 13.2. The number of nitrogens with two attached hydrogens (primary N) is 1. The van der Waals surface area contributed by atoms with E-state index in [1.807, 2.05) is 6.07 Å². The molecular weight excluding hydrogens is 179 g/mol. The average molecular weight is 194 g/mol. The van der Waals surface area contributed by atoms with E-state index >= 15 is 0 Å². The van der Waals surface area contributed by atoms with Gasteiger partial charge >= 0.3 is 0 Å². The summed E-state index contributed by atoms with van der Waals surface area (Å²) in [5.41, 5.74) is 7.20. The highest BCUT2D eigenvalue weighted by Gasteiger charge is 2.25. The van der Waals surface area contributed by atoms with Crippen LogP contribution in [0.2, 0.25) is 0 Å². The minimum atomic E-state index is -0.154. The molecule has 1 saturated carbocycles. The van der Waals surface area contributed by atoms with E-state index < -0.39 is 0 Å². The van der Waals surface area contributed by atoms with E-state index in [2.05, 4.69) is 5.32 Å². The van der Waals surface area contributed by atoms with Crippen LogP contribution in [0.25, 0.3) is 0 Å². The summed E-state index contributed by atoms with van der Waals surface area (Å²) in [6.07, 6.45) is 1.96. The standard InChI is InChI=1S/C11H15FN2/c1-7-2-3-9(6-11(7)12)14-10-4-8(13)5-10/h2-3,6,8,10,14H,4-5,13H2,1H3. The molecule has 1 aliphatic carbocycles. The van der Waals surface area contributed by atoms with Crippen LogP contribution in [-0.4, -0.2) is 12.1 Å². The molecule has 0 amide bonds. The lowest BCUT2D eigenvalue weighted by atomic mass is 9.87. The van der Waals surface area contributed by atoms with Crippen molar-refractivity contribution in [1.82, 2.24) is 0 Å². The van der Waals surface area contributed by atoms with Gasteiger partial charge in [0.15, 0.2) is 0 Å². The first-order valence-corrected chi connectivity index (χ1v) is 4.93. The smallest absolute Gasteiger partial charge is 0.128 e. The topological polar surface area (TPSA) is 38.0 Å². The Kier molecular flexibility index (Phi) is 2.42. The first-order chi connectivity index (χ1) is 6.65. The van der Waals surface area contributed by atoms with E-state index in [4.69, 9.17) is 5.73 Å². The molecule has 3 heteroatoms. The number of nitrogens with one attached hydrogen (secondary N) is 1. The van der Waals surface area contributed by atoms with E-state index in [-0.39, 0.29) is 5.82 Å². The van der Waals surface area contributed by atoms with Gasteiger partial charge in [-0.1, -0.05) is 6.07 Å². The number of rotatable bonds is 2. The van der Waals surface area contributed by atoms with Crippen molar-refractivity contribution in [3.8, 4) is 0 Å². The van der Waals surface area contributed by atoms with Crippen LogP contribution in [-0.2, 0) is 0 Å². The zero-order valence-electron chi connectivity index (χ0n) is 8.26. The van der Waals surface area contributed by atoms with Crippen LogP contribution >= 0.6 is 0 Å². The first-order valence-electron chi connectivity index (χ1n) is 4.93. The molecule has 0 unspecified atom stereocenters. The molecule has 1 aromatic rings. The maximum Gasteiger partial charge on any atom is 0.128 e.